The van der Waals surface area contributed by atoms with Crippen molar-refractivity contribution >= 4 is 9.28 Å². The molecule has 106 valence electrons. The first-order valence-electron chi connectivity index (χ1n) is 7.32. The molecule has 0 aliphatic heterocycles. The van der Waals surface area contributed by atoms with Crippen molar-refractivity contribution in [3.63, 3.8) is 0 Å². The highest BCUT2D eigenvalue weighted by molar-refractivity contribution is 6.46. The summed E-state index contributed by atoms with van der Waals surface area (Å²) in [5, 5.41) is 0. The predicted molar refractivity (Wildman–Crippen MR) is 85.6 cm³/mol. The molecule has 0 atom stereocenters. The molecule has 0 aliphatic carbocycles. The first-order chi connectivity index (χ1) is 9.88. The lowest BCUT2D eigenvalue weighted by Gasteiger charge is -2.19. The van der Waals surface area contributed by atoms with Gasteiger partial charge >= 0.3 is 9.28 Å². The minimum absolute atomic E-state index is 0.914. The Kier molecular flexibility index (Phi) is 6.18. The van der Waals surface area contributed by atoms with Gasteiger partial charge in [-0.05, 0) is 30.7 Å². The molecule has 0 saturated carbocycles. The average molecular weight is 286 g/mol. The highest BCUT2D eigenvalue weighted by Gasteiger charge is 2.16. The van der Waals surface area contributed by atoms with Crippen LogP contribution in [0.15, 0.2) is 60.7 Å². The van der Waals surface area contributed by atoms with Gasteiger partial charge in [0.15, 0.2) is 0 Å². The van der Waals surface area contributed by atoms with E-state index in [1.807, 2.05) is 60.7 Å². The summed E-state index contributed by atoms with van der Waals surface area (Å²) in [6.07, 6.45) is 3.63. The second kappa shape index (κ2) is 8.43. The van der Waals surface area contributed by atoms with Gasteiger partial charge in [-0.1, -0.05) is 56.2 Å². The second-order valence-corrected chi connectivity index (χ2v) is 6.70. The Balaban J connectivity index is 1.96. The Hall–Kier alpha value is -1.74. The quantitative estimate of drug-likeness (QED) is 0.523. The predicted octanol–water partition coefficient (Wildman–Crippen LogP) is 4.56. The Morgan fingerprint density at radius 3 is 1.70 bits per heavy atom. The summed E-state index contributed by atoms with van der Waals surface area (Å²) < 4.78 is 12.2. The molecule has 0 fully saturated rings. The van der Waals surface area contributed by atoms with Gasteiger partial charge in [0.25, 0.3) is 0 Å². The summed E-state index contributed by atoms with van der Waals surface area (Å²) >= 11 is 0. The second-order valence-electron chi connectivity index (χ2n) is 4.79. The van der Waals surface area contributed by atoms with Crippen LogP contribution in [0.3, 0.4) is 0 Å². The van der Waals surface area contributed by atoms with E-state index in [0.29, 0.717) is 0 Å². The molecule has 0 amide bonds. The van der Waals surface area contributed by atoms with E-state index in [1.54, 1.807) is 0 Å². The van der Waals surface area contributed by atoms with Gasteiger partial charge in [-0.15, -0.1) is 0 Å². The van der Waals surface area contributed by atoms with Gasteiger partial charge in [0, 0.05) is 6.04 Å². The standard InChI is InChI=1S/C17H22O2Si/c1-2-3-10-15-20(18-16-11-6-4-7-12-16)19-17-13-8-5-9-14-17/h4-9,11-14,20H,2-3,10,15H2,1H3. The maximum Gasteiger partial charge on any atom is 0.444 e. The van der Waals surface area contributed by atoms with E-state index in [-0.39, 0.29) is 0 Å². The molecule has 2 nitrogen and oxygen atoms in total. The maximum absolute atomic E-state index is 6.08. The molecule has 0 spiro atoms. The highest BCUT2D eigenvalue weighted by atomic mass is 28.3. The Morgan fingerprint density at radius 2 is 1.25 bits per heavy atom. The Labute approximate surface area is 123 Å². The number of para-hydroxylation sites is 2. The van der Waals surface area contributed by atoms with Crippen LogP contribution >= 0.6 is 0 Å². The molecule has 0 aromatic heterocycles. The van der Waals surface area contributed by atoms with Crippen LogP contribution in [0.4, 0.5) is 0 Å². The van der Waals surface area contributed by atoms with E-state index in [9.17, 15) is 0 Å². The van der Waals surface area contributed by atoms with E-state index in [2.05, 4.69) is 6.92 Å². The van der Waals surface area contributed by atoms with Gasteiger partial charge in [0.1, 0.15) is 11.5 Å². The number of benzene rings is 2. The van der Waals surface area contributed by atoms with Crippen LogP contribution in [-0.4, -0.2) is 9.28 Å². The highest BCUT2D eigenvalue weighted by Crippen LogP contribution is 2.17. The first-order valence-corrected chi connectivity index (χ1v) is 9.08. The lowest BCUT2D eigenvalue weighted by Crippen LogP contribution is -2.29. The van der Waals surface area contributed by atoms with Crippen molar-refractivity contribution in [1.29, 1.82) is 0 Å². The van der Waals surface area contributed by atoms with Gasteiger partial charge in [0.2, 0.25) is 0 Å². The van der Waals surface area contributed by atoms with Crippen molar-refractivity contribution < 1.29 is 8.85 Å². The zero-order chi connectivity index (χ0) is 14.0. The van der Waals surface area contributed by atoms with Crippen molar-refractivity contribution in [3.05, 3.63) is 60.7 Å². The fraction of sp³-hybridized carbons (Fsp3) is 0.294. The number of rotatable bonds is 8. The van der Waals surface area contributed by atoms with E-state index in [0.717, 1.165) is 17.5 Å². The van der Waals surface area contributed by atoms with Gasteiger partial charge in [-0.3, -0.25) is 0 Å². The molecule has 20 heavy (non-hydrogen) atoms. The summed E-state index contributed by atoms with van der Waals surface area (Å²) in [6, 6.07) is 21.0. The molecule has 0 unspecified atom stereocenters. The minimum Gasteiger partial charge on any atom is -0.514 e. The molecular weight excluding hydrogens is 264 g/mol. The molecule has 0 heterocycles. The number of unbranched alkanes of at least 4 members (excludes halogenated alkanes) is 2. The van der Waals surface area contributed by atoms with Crippen LogP contribution in [0.1, 0.15) is 26.2 Å². The molecule has 2 aromatic rings. The van der Waals surface area contributed by atoms with E-state index < -0.39 is 9.28 Å². The molecule has 0 N–H and O–H groups in total. The first kappa shape index (κ1) is 14.7. The topological polar surface area (TPSA) is 18.5 Å². The molecular formula is C17H22O2Si. The number of hydrogen-bond acceptors (Lipinski definition) is 2. The maximum atomic E-state index is 6.08. The molecule has 2 rings (SSSR count). The normalized spacial score (nSPS) is 10.5. The summed E-state index contributed by atoms with van der Waals surface area (Å²) in [7, 11) is -1.72. The van der Waals surface area contributed by atoms with Crippen LogP contribution in [0.5, 0.6) is 11.5 Å². The fourth-order valence-electron chi connectivity index (χ4n) is 2.00. The number of hydrogen-bond donors (Lipinski definition) is 0. The van der Waals surface area contributed by atoms with Gasteiger partial charge in [-0.25, -0.2) is 0 Å². The van der Waals surface area contributed by atoms with E-state index >= 15 is 0 Å². The molecule has 3 heteroatoms. The Bertz CT molecular complexity index is 431. The van der Waals surface area contributed by atoms with Crippen LogP contribution < -0.4 is 8.85 Å². The molecule has 0 bridgehead atoms. The molecule has 2 aromatic carbocycles. The van der Waals surface area contributed by atoms with E-state index in [1.165, 1.54) is 19.3 Å². The van der Waals surface area contributed by atoms with E-state index in [4.69, 9.17) is 8.85 Å². The average Bonchev–Trinajstić information content (AvgIpc) is 2.49. The molecule has 0 aliphatic rings. The van der Waals surface area contributed by atoms with Crippen LogP contribution in [0.25, 0.3) is 0 Å². The Morgan fingerprint density at radius 1 is 0.750 bits per heavy atom. The third kappa shape index (κ3) is 5.09. The molecule has 0 radical (unpaired) electrons. The zero-order valence-electron chi connectivity index (χ0n) is 12.0. The summed E-state index contributed by atoms with van der Waals surface area (Å²) in [4.78, 5) is 0. The van der Waals surface area contributed by atoms with Gasteiger partial charge in [-0.2, -0.15) is 0 Å². The smallest absolute Gasteiger partial charge is 0.444 e. The van der Waals surface area contributed by atoms with Crippen molar-refractivity contribution in [3.8, 4) is 11.5 Å². The largest absolute Gasteiger partial charge is 0.514 e. The molecule has 0 saturated heterocycles. The third-order valence-electron chi connectivity index (χ3n) is 3.06. The van der Waals surface area contributed by atoms with Crippen molar-refractivity contribution in [1.82, 2.24) is 0 Å². The summed E-state index contributed by atoms with van der Waals surface area (Å²) in [6.45, 7) is 2.21. The lowest BCUT2D eigenvalue weighted by atomic mass is 10.3. The van der Waals surface area contributed by atoms with Crippen LogP contribution in [-0.2, 0) is 0 Å². The van der Waals surface area contributed by atoms with Gasteiger partial charge < -0.3 is 8.85 Å². The van der Waals surface area contributed by atoms with Crippen molar-refractivity contribution in [2.45, 2.75) is 32.2 Å². The van der Waals surface area contributed by atoms with Gasteiger partial charge in [0.05, 0.1) is 0 Å². The third-order valence-corrected chi connectivity index (χ3v) is 5.01. The minimum atomic E-state index is -1.72. The lowest BCUT2D eigenvalue weighted by molar-refractivity contribution is 0.417. The van der Waals surface area contributed by atoms with Crippen LogP contribution in [0, 0.1) is 0 Å². The van der Waals surface area contributed by atoms with Crippen molar-refractivity contribution in [2.24, 2.45) is 0 Å². The van der Waals surface area contributed by atoms with Crippen molar-refractivity contribution in [2.75, 3.05) is 0 Å². The zero-order valence-corrected chi connectivity index (χ0v) is 13.2. The fourth-order valence-corrected chi connectivity index (χ4v) is 3.83. The summed E-state index contributed by atoms with van der Waals surface area (Å²) in [5.41, 5.74) is 0. The van der Waals surface area contributed by atoms with Crippen LogP contribution in [0.2, 0.25) is 6.04 Å². The summed E-state index contributed by atoms with van der Waals surface area (Å²) in [5.74, 6) is 1.83. The SMILES string of the molecule is CCCCC[SiH](Oc1ccccc1)Oc1ccccc1. The monoisotopic (exact) mass is 286 g/mol.